The van der Waals surface area contributed by atoms with Gasteiger partial charge in [-0.15, -0.1) is 23.4 Å². The third-order valence-electron chi connectivity index (χ3n) is 5.56. The fourth-order valence-electron chi connectivity index (χ4n) is 3.91. The minimum Gasteiger partial charge on any atom is -0.398 e. The summed E-state index contributed by atoms with van der Waals surface area (Å²) in [6, 6.07) is 7.77. The van der Waals surface area contributed by atoms with E-state index in [1.165, 1.54) is 30.7 Å². The van der Waals surface area contributed by atoms with Crippen molar-refractivity contribution in [1.29, 1.82) is 0 Å². The van der Waals surface area contributed by atoms with Gasteiger partial charge < -0.3 is 10.6 Å². The van der Waals surface area contributed by atoms with Gasteiger partial charge in [-0.2, -0.15) is 9.36 Å². The van der Waals surface area contributed by atoms with Gasteiger partial charge in [0.2, 0.25) is 11.7 Å². The van der Waals surface area contributed by atoms with Crippen LogP contribution in [0.5, 0.6) is 0 Å². The van der Waals surface area contributed by atoms with Crippen molar-refractivity contribution in [1.82, 2.24) is 14.3 Å². The molecule has 2 aliphatic heterocycles. The number of thioether (sulfide) groups is 1. The summed E-state index contributed by atoms with van der Waals surface area (Å²) in [5.74, 6) is -0.454. The standard InChI is InChI=1S/C23H22ClN5O4S2/c1-12(30)19-15(8-7-13-3-5-14(10-24)6-4-13)11-34-22-16(21(32)29(19)22)9-17(31)18(27-33-2)20-26-23(25)35-28-20/h3-8,16,22H,9-11H2,1-2H3,(H2,25,26,28)/b8-7?,27-18+/t16-,22-/m1/s1. The van der Waals surface area contributed by atoms with Crippen LogP contribution in [0.15, 0.2) is 46.8 Å². The average Bonchev–Trinajstić information content (AvgIpc) is 3.29. The number of hydrogen-bond acceptors (Lipinski definition) is 10. The van der Waals surface area contributed by atoms with Crippen molar-refractivity contribution in [2.24, 2.45) is 11.1 Å². The SMILES string of the molecule is CO/N=C(\C(=O)C[C@@H]1C(=O)N2C(C(C)=O)=C(C=Cc3ccc(CCl)cc3)CS[C@H]12)c1nsc(N)n1. The summed E-state index contributed by atoms with van der Waals surface area (Å²) in [4.78, 5) is 48.8. The number of halogens is 1. The highest BCUT2D eigenvalue weighted by molar-refractivity contribution is 8.00. The molecule has 1 aromatic heterocycles. The van der Waals surface area contributed by atoms with Gasteiger partial charge in [0.05, 0.1) is 17.0 Å². The van der Waals surface area contributed by atoms with E-state index in [0.29, 0.717) is 17.3 Å². The van der Waals surface area contributed by atoms with E-state index in [0.717, 1.165) is 28.2 Å². The van der Waals surface area contributed by atoms with E-state index in [1.807, 2.05) is 36.4 Å². The van der Waals surface area contributed by atoms with E-state index in [4.69, 9.17) is 22.2 Å². The lowest BCUT2D eigenvalue weighted by molar-refractivity contribution is -0.150. The maximum absolute atomic E-state index is 13.1. The predicted molar refractivity (Wildman–Crippen MR) is 137 cm³/mol. The number of nitrogens with two attached hydrogens (primary N) is 1. The zero-order valence-electron chi connectivity index (χ0n) is 18.9. The molecule has 2 aromatic rings. The molecule has 2 aliphatic rings. The molecule has 4 rings (SSSR count). The first kappa shape index (κ1) is 25.1. The number of anilines is 1. The number of amides is 1. The lowest BCUT2D eigenvalue weighted by atomic mass is 9.88. The van der Waals surface area contributed by atoms with Gasteiger partial charge in [0, 0.05) is 36.5 Å². The van der Waals surface area contributed by atoms with Gasteiger partial charge in [-0.05, 0) is 16.7 Å². The molecule has 2 atom stereocenters. The van der Waals surface area contributed by atoms with E-state index in [9.17, 15) is 14.4 Å². The lowest BCUT2D eigenvalue weighted by Gasteiger charge is -2.49. The number of β-lactam (4-membered cyclic amide) rings is 1. The average molecular weight is 532 g/mol. The molecule has 0 aliphatic carbocycles. The molecule has 182 valence electrons. The maximum Gasteiger partial charge on any atom is 0.234 e. The van der Waals surface area contributed by atoms with Gasteiger partial charge in [0.1, 0.15) is 7.11 Å². The van der Waals surface area contributed by atoms with Crippen LogP contribution in [-0.2, 0) is 25.1 Å². The topological polar surface area (TPSA) is 128 Å². The van der Waals surface area contributed by atoms with E-state index < -0.39 is 11.7 Å². The fraction of sp³-hybridized carbons (Fsp3) is 0.304. The van der Waals surface area contributed by atoms with Crippen LogP contribution >= 0.6 is 34.9 Å². The van der Waals surface area contributed by atoms with Gasteiger partial charge in [0.15, 0.2) is 22.4 Å². The van der Waals surface area contributed by atoms with Gasteiger partial charge >= 0.3 is 0 Å². The Morgan fingerprint density at radius 3 is 2.66 bits per heavy atom. The van der Waals surface area contributed by atoms with Gasteiger partial charge in [-0.3, -0.25) is 19.3 Å². The molecule has 0 radical (unpaired) electrons. The summed E-state index contributed by atoms with van der Waals surface area (Å²) in [7, 11) is 1.31. The molecule has 1 saturated heterocycles. The minimum atomic E-state index is -0.589. The Hall–Kier alpha value is -3.02. The molecule has 35 heavy (non-hydrogen) atoms. The Labute approximate surface area is 215 Å². The minimum absolute atomic E-state index is 0.0649. The Bertz CT molecular complexity index is 1250. The maximum atomic E-state index is 13.1. The van der Waals surface area contributed by atoms with Crippen molar-refractivity contribution in [2.75, 3.05) is 18.6 Å². The van der Waals surface area contributed by atoms with Crippen molar-refractivity contribution in [3.8, 4) is 0 Å². The van der Waals surface area contributed by atoms with E-state index in [-0.39, 0.29) is 40.2 Å². The monoisotopic (exact) mass is 531 g/mol. The van der Waals surface area contributed by atoms with Crippen LogP contribution in [0.3, 0.4) is 0 Å². The van der Waals surface area contributed by atoms with E-state index in [1.54, 1.807) is 0 Å². The van der Waals surface area contributed by atoms with Crippen LogP contribution in [0.2, 0.25) is 0 Å². The van der Waals surface area contributed by atoms with Crippen LogP contribution in [0.1, 0.15) is 30.3 Å². The highest BCUT2D eigenvalue weighted by Gasteiger charge is 2.53. The number of carbonyl (C=O) groups excluding carboxylic acids is 3. The fourth-order valence-corrected chi connectivity index (χ4v) is 5.91. The lowest BCUT2D eigenvalue weighted by Crippen LogP contribution is -2.61. The number of nitrogens with zero attached hydrogens (tertiary/aromatic N) is 4. The second kappa shape index (κ2) is 10.7. The molecule has 12 heteroatoms. The molecular formula is C23H22ClN5O4S2. The molecule has 1 fully saturated rings. The number of oxime groups is 1. The van der Waals surface area contributed by atoms with Gasteiger partial charge in [-0.25, -0.2) is 0 Å². The van der Waals surface area contributed by atoms with Crippen molar-refractivity contribution >= 4 is 69.3 Å². The van der Waals surface area contributed by atoms with Crippen molar-refractivity contribution in [3.63, 3.8) is 0 Å². The predicted octanol–water partition coefficient (Wildman–Crippen LogP) is 3.26. The second-order valence-electron chi connectivity index (χ2n) is 7.86. The highest BCUT2D eigenvalue weighted by Crippen LogP contribution is 2.45. The van der Waals surface area contributed by atoms with E-state index in [2.05, 4.69) is 14.5 Å². The molecule has 1 amide bonds. The summed E-state index contributed by atoms with van der Waals surface area (Å²) in [6.07, 6.45) is 3.67. The summed E-state index contributed by atoms with van der Waals surface area (Å²) < 4.78 is 4.01. The molecule has 1 aromatic carbocycles. The number of ketones is 2. The first-order valence-electron chi connectivity index (χ1n) is 10.6. The number of carbonyl (C=O) groups is 3. The largest absolute Gasteiger partial charge is 0.398 e. The van der Waals surface area contributed by atoms with Crippen LogP contribution in [0, 0.1) is 5.92 Å². The van der Waals surface area contributed by atoms with Crippen LogP contribution in [0.25, 0.3) is 6.08 Å². The molecule has 0 spiro atoms. The van der Waals surface area contributed by atoms with Gasteiger partial charge in [-0.1, -0.05) is 41.6 Å². The number of nitrogen functional groups attached to an aromatic ring is 1. The number of fused-ring (bicyclic) bond motifs is 1. The van der Waals surface area contributed by atoms with Crippen molar-refractivity contribution in [3.05, 3.63) is 58.6 Å². The number of allylic oxidation sites excluding steroid dienone is 2. The summed E-state index contributed by atoms with van der Waals surface area (Å²) in [6.45, 7) is 1.44. The third-order valence-corrected chi connectivity index (χ3v) is 7.77. The summed E-state index contributed by atoms with van der Waals surface area (Å²) >= 11 is 8.29. The van der Waals surface area contributed by atoms with Crippen LogP contribution < -0.4 is 5.73 Å². The third kappa shape index (κ3) is 5.16. The molecule has 0 unspecified atom stereocenters. The molecule has 3 heterocycles. The molecular weight excluding hydrogens is 510 g/mol. The Balaban J connectivity index is 1.52. The second-order valence-corrected chi connectivity index (χ2v) is 10.0. The van der Waals surface area contributed by atoms with Crippen molar-refractivity contribution in [2.45, 2.75) is 24.6 Å². The Morgan fingerprint density at radius 2 is 2.06 bits per heavy atom. The smallest absolute Gasteiger partial charge is 0.234 e. The highest BCUT2D eigenvalue weighted by atomic mass is 35.5. The number of rotatable bonds is 9. The Morgan fingerprint density at radius 1 is 1.31 bits per heavy atom. The number of alkyl halides is 1. The Kier molecular flexibility index (Phi) is 7.68. The number of hydrogen-bond donors (Lipinski definition) is 1. The normalized spacial score (nSPS) is 20.1. The van der Waals surface area contributed by atoms with Crippen LogP contribution in [0.4, 0.5) is 5.13 Å². The summed E-state index contributed by atoms with van der Waals surface area (Å²) in [5, 5.41) is 3.62. The number of benzene rings is 1. The number of aromatic nitrogens is 2. The zero-order valence-corrected chi connectivity index (χ0v) is 21.3. The van der Waals surface area contributed by atoms with E-state index >= 15 is 0 Å². The molecule has 0 bridgehead atoms. The van der Waals surface area contributed by atoms with Gasteiger partial charge in [0.25, 0.3) is 0 Å². The first-order valence-corrected chi connectivity index (χ1v) is 12.9. The number of Topliss-reactive ketones (excluding diaryl/α,β-unsaturated/α-hetero) is 2. The molecule has 2 N–H and O–H groups in total. The van der Waals surface area contributed by atoms with Crippen LogP contribution in [-0.4, -0.2) is 55.7 Å². The zero-order chi connectivity index (χ0) is 25.1. The molecule has 9 nitrogen and oxygen atoms in total. The summed E-state index contributed by atoms with van der Waals surface area (Å²) in [5.41, 5.74) is 8.65. The molecule has 0 saturated carbocycles. The first-order chi connectivity index (χ1) is 16.8. The van der Waals surface area contributed by atoms with Crippen molar-refractivity contribution < 1.29 is 19.2 Å². The quantitative estimate of drug-likeness (QED) is 0.226.